The second-order valence-electron chi connectivity index (χ2n) is 1.75. The van der Waals surface area contributed by atoms with Gasteiger partial charge in [-0.15, -0.1) is 11.3 Å². The predicted octanol–water partition coefficient (Wildman–Crippen LogP) is 1.81. The molecule has 0 saturated carbocycles. The number of rotatable bonds is 2. The Balaban J connectivity index is 2.74. The van der Waals surface area contributed by atoms with Crippen molar-refractivity contribution in [3.8, 4) is 0 Å². The van der Waals surface area contributed by atoms with E-state index in [1.54, 1.807) is 11.3 Å². The molecule has 9 heavy (non-hydrogen) atoms. The maximum atomic E-state index is 8.64. The van der Waals surface area contributed by atoms with E-state index in [4.69, 9.17) is 5.11 Å². The van der Waals surface area contributed by atoms with Crippen LogP contribution in [0.3, 0.4) is 0 Å². The van der Waals surface area contributed by atoms with E-state index in [9.17, 15) is 0 Å². The molecule has 1 radical (unpaired) electrons. The lowest BCUT2D eigenvalue weighted by molar-refractivity contribution is 0.285. The first-order valence-electron chi connectivity index (χ1n) is 2.85. The van der Waals surface area contributed by atoms with Crippen molar-refractivity contribution in [2.45, 2.75) is 13.5 Å². The van der Waals surface area contributed by atoms with Crippen LogP contribution in [0.1, 0.15) is 16.7 Å². The Bertz CT molecular complexity index is 162. The van der Waals surface area contributed by atoms with Crippen molar-refractivity contribution in [2.24, 2.45) is 0 Å². The van der Waals surface area contributed by atoms with E-state index < -0.39 is 0 Å². The van der Waals surface area contributed by atoms with Gasteiger partial charge in [-0.05, 0) is 18.6 Å². The Kier molecular flexibility index (Phi) is 2.25. The highest BCUT2D eigenvalue weighted by atomic mass is 32.1. The van der Waals surface area contributed by atoms with Gasteiger partial charge in [-0.3, -0.25) is 0 Å². The van der Waals surface area contributed by atoms with Gasteiger partial charge in [0.2, 0.25) is 0 Å². The van der Waals surface area contributed by atoms with Crippen LogP contribution >= 0.6 is 11.3 Å². The highest BCUT2D eigenvalue weighted by Crippen LogP contribution is 2.16. The van der Waals surface area contributed by atoms with Crippen LogP contribution < -0.4 is 0 Å². The van der Waals surface area contributed by atoms with E-state index in [1.165, 1.54) is 4.88 Å². The minimum atomic E-state index is 0.165. The van der Waals surface area contributed by atoms with Gasteiger partial charge in [-0.25, -0.2) is 0 Å². The fourth-order valence-electron chi connectivity index (χ4n) is 0.635. The molecule has 1 N–H and O–H groups in total. The monoisotopic (exact) mass is 141 g/mol. The number of thiophene rings is 1. The van der Waals surface area contributed by atoms with Crippen molar-refractivity contribution in [3.05, 3.63) is 28.3 Å². The number of hydrogen-bond acceptors (Lipinski definition) is 2. The van der Waals surface area contributed by atoms with Crippen LogP contribution in [-0.2, 0) is 6.61 Å². The van der Waals surface area contributed by atoms with Gasteiger partial charge in [0, 0.05) is 9.75 Å². The molecular weight excluding hydrogens is 132 g/mol. The minimum Gasteiger partial charge on any atom is -0.391 e. The average molecular weight is 141 g/mol. The van der Waals surface area contributed by atoms with Gasteiger partial charge in [-0.2, -0.15) is 0 Å². The molecule has 0 unspecified atom stereocenters. The van der Waals surface area contributed by atoms with E-state index in [-0.39, 0.29) is 6.61 Å². The van der Waals surface area contributed by atoms with Crippen molar-refractivity contribution in [3.63, 3.8) is 0 Å². The molecule has 49 valence electrons. The Morgan fingerprint density at radius 1 is 1.67 bits per heavy atom. The lowest BCUT2D eigenvalue weighted by Crippen LogP contribution is -1.70. The summed E-state index contributed by atoms with van der Waals surface area (Å²) in [5.41, 5.74) is 0. The maximum Gasteiger partial charge on any atom is 0.0774 e. The molecule has 0 aliphatic carbocycles. The van der Waals surface area contributed by atoms with Crippen molar-refractivity contribution in [1.82, 2.24) is 0 Å². The molecule has 1 nitrogen and oxygen atoms in total. The molecule has 1 rings (SSSR count). The summed E-state index contributed by atoms with van der Waals surface area (Å²) in [6.45, 7) is 2.16. The average Bonchev–Trinajstić information content (AvgIpc) is 2.34. The lowest BCUT2D eigenvalue weighted by atomic mass is 10.4. The molecule has 0 atom stereocenters. The molecule has 0 aliphatic rings. The Morgan fingerprint density at radius 2 is 2.44 bits per heavy atom. The molecule has 1 aromatic rings. The summed E-state index contributed by atoms with van der Waals surface area (Å²) in [5.74, 6) is 0. The van der Waals surface area contributed by atoms with Crippen LogP contribution in [0.15, 0.2) is 12.1 Å². The molecule has 0 aromatic carbocycles. The van der Waals surface area contributed by atoms with Gasteiger partial charge >= 0.3 is 0 Å². The summed E-state index contributed by atoms with van der Waals surface area (Å²) in [7, 11) is 0. The second kappa shape index (κ2) is 2.99. The molecule has 0 spiro atoms. The van der Waals surface area contributed by atoms with Crippen molar-refractivity contribution >= 4 is 11.3 Å². The first kappa shape index (κ1) is 6.78. The molecule has 1 aromatic heterocycles. The summed E-state index contributed by atoms with van der Waals surface area (Å²) < 4.78 is 0. The highest BCUT2D eigenvalue weighted by Gasteiger charge is 1.94. The summed E-state index contributed by atoms with van der Waals surface area (Å²) in [5, 5.41) is 8.64. The maximum absolute atomic E-state index is 8.64. The largest absolute Gasteiger partial charge is 0.391 e. The Labute approximate surface area is 59.0 Å². The minimum absolute atomic E-state index is 0.165. The third-order valence-corrected chi connectivity index (χ3v) is 2.26. The summed E-state index contributed by atoms with van der Waals surface area (Å²) in [6, 6.07) is 3.95. The lowest BCUT2D eigenvalue weighted by Gasteiger charge is -1.83. The smallest absolute Gasteiger partial charge is 0.0774 e. The van der Waals surface area contributed by atoms with E-state index in [0.717, 1.165) is 4.88 Å². The molecule has 0 aliphatic heterocycles. The molecule has 0 fully saturated rings. The molecule has 0 saturated heterocycles. The van der Waals surface area contributed by atoms with E-state index >= 15 is 0 Å². The van der Waals surface area contributed by atoms with Crippen LogP contribution in [0.25, 0.3) is 0 Å². The predicted molar refractivity (Wildman–Crippen MR) is 39.3 cm³/mol. The highest BCUT2D eigenvalue weighted by molar-refractivity contribution is 7.12. The fraction of sp³-hybridized carbons (Fsp3) is 0.286. The van der Waals surface area contributed by atoms with Crippen molar-refractivity contribution < 1.29 is 5.11 Å². The standard InChI is InChI=1S/C7H9OS/c1-2-6-3-4-7(5-8)9-6/h2-4,8H,5H2,1H3. The van der Waals surface area contributed by atoms with E-state index in [0.29, 0.717) is 0 Å². The summed E-state index contributed by atoms with van der Waals surface area (Å²) >= 11 is 1.63. The number of aliphatic hydroxyl groups is 1. The Hall–Kier alpha value is -0.340. The van der Waals surface area contributed by atoms with Gasteiger partial charge in [0.25, 0.3) is 0 Å². The SMILES string of the molecule is C[CH]c1ccc(CO)s1. The third kappa shape index (κ3) is 1.53. The number of hydrogen-bond donors (Lipinski definition) is 1. The van der Waals surface area contributed by atoms with E-state index in [1.807, 2.05) is 25.5 Å². The van der Waals surface area contributed by atoms with Crippen LogP contribution in [0.4, 0.5) is 0 Å². The van der Waals surface area contributed by atoms with Gasteiger partial charge in [0.05, 0.1) is 6.61 Å². The van der Waals surface area contributed by atoms with Crippen LogP contribution in [0, 0.1) is 6.42 Å². The van der Waals surface area contributed by atoms with Crippen molar-refractivity contribution in [1.29, 1.82) is 0 Å². The summed E-state index contributed by atoms with van der Waals surface area (Å²) in [4.78, 5) is 2.25. The van der Waals surface area contributed by atoms with Crippen LogP contribution in [0.5, 0.6) is 0 Å². The third-order valence-electron chi connectivity index (χ3n) is 1.12. The van der Waals surface area contributed by atoms with Gasteiger partial charge < -0.3 is 5.11 Å². The number of aliphatic hydroxyl groups excluding tert-OH is 1. The molecule has 0 bridgehead atoms. The summed E-state index contributed by atoms with van der Waals surface area (Å²) in [6.07, 6.45) is 2.03. The van der Waals surface area contributed by atoms with Crippen LogP contribution in [-0.4, -0.2) is 5.11 Å². The van der Waals surface area contributed by atoms with Gasteiger partial charge in [0.15, 0.2) is 0 Å². The first-order chi connectivity index (χ1) is 4.36. The second-order valence-corrected chi connectivity index (χ2v) is 2.95. The molecule has 0 amide bonds. The zero-order valence-electron chi connectivity index (χ0n) is 5.29. The van der Waals surface area contributed by atoms with Gasteiger partial charge in [0.1, 0.15) is 0 Å². The molecular formula is C7H9OS. The Morgan fingerprint density at radius 3 is 2.78 bits per heavy atom. The topological polar surface area (TPSA) is 20.2 Å². The normalized spacial score (nSPS) is 10.0. The molecule has 2 heteroatoms. The zero-order chi connectivity index (χ0) is 6.69. The zero-order valence-corrected chi connectivity index (χ0v) is 6.11. The van der Waals surface area contributed by atoms with Gasteiger partial charge in [-0.1, -0.05) is 6.92 Å². The first-order valence-corrected chi connectivity index (χ1v) is 3.67. The quantitative estimate of drug-likeness (QED) is 0.666. The van der Waals surface area contributed by atoms with E-state index in [2.05, 4.69) is 0 Å². The fourth-order valence-corrected chi connectivity index (χ4v) is 1.39. The van der Waals surface area contributed by atoms with Crippen molar-refractivity contribution in [2.75, 3.05) is 0 Å². The van der Waals surface area contributed by atoms with Crippen LogP contribution in [0.2, 0.25) is 0 Å². The molecule has 1 heterocycles.